The Labute approximate surface area is 806 Å². The molecule has 0 radical (unpaired) electrons. The minimum absolute atomic E-state index is 0.0422. The van der Waals surface area contributed by atoms with Crippen LogP contribution in [0.5, 0.6) is 0 Å². The fourth-order valence-electron chi connectivity index (χ4n) is 16.5. The first-order valence-corrected chi connectivity index (χ1v) is 44.3. The number of nitrogens with two attached hydrogens (primary N) is 3. The van der Waals surface area contributed by atoms with Crippen LogP contribution in [0, 0.1) is 95.5 Å². The number of nitrogens with zero attached hydrogens (tertiary/aromatic N) is 18. The maximum atomic E-state index is 15.6. The molecule has 27 nitrogen and oxygen atoms in total. The molecule has 3 amide bonds. The van der Waals surface area contributed by atoms with Gasteiger partial charge in [0.25, 0.3) is 16.7 Å². The van der Waals surface area contributed by atoms with E-state index in [9.17, 15) is 48.9 Å². The SMILES string of the molecule is C=CC(=O)N1CCN(c2c(C#N)c(=O)n(-c3c(C)ccnc3C(C)C)c3nc(-c4c(F)c(N)c(Cl)c(Cl)c4F)c(Cl)cc23)CC1.C=CC(=O)N1CCN(c2c(C#N)c(=O)n(-c3c(C)ccnc3C(C)C)c3nc(-c4c(F)c(N)c(Cl)c(Cl)c4F)c(Cl)cc23)CC1.C=CC(=O)N1CCN(c2c(C#N)c(=O)n(-c3c(C)ccnc3C(C)C)c3nc(-c4c(F)c(N)c(Cl)c(F)c4F)c(Cl)cc23)CC1. The zero-order valence-corrected chi connectivity index (χ0v) is 79.2. The molecule has 3 aromatic carbocycles. The molecule has 9 aromatic heterocycles. The summed E-state index contributed by atoms with van der Waals surface area (Å²) in [5, 5.41) is 27.9. The molecular formula is C93H78Cl8F7N21O6. The summed E-state index contributed by atoms with van der Waals surface area (Å²) in [7, 11) is 0. The molecule has 12 aromatic rings. The number of nitriles is 3. The van der Waals surface area contributed by atoms with Gasteiger partial charge >= 0.3 is 0 Å². The summed E-state index contributed by atoms with van der Waals surface area (Å²) in [5.74, 6) is -10.9. The molecule has 135 heavy (non-hydrogen) atoms. The van der Waals surface area contributed by atoms with Gasteiger partial charge in [-0.1, -0.05) is 154 Å². The van der Waals surface area contributed by atoms with E-state index < -0.39 is 122 Å². The number of aryl methyl sites for hydroxylation is 3. The Hall–Kier alpha value is -13.1. The van der Waals surface area contributed by atoms with E-state index in [2.05, 4.69) is 61.8 Å². The van der Waals surface area contributed by atoms with Crippen molar-refractivity contribution in [1.82, 2.24) is 58.3 Å². The zero-order chi connectivity index (χ0) is 98.7. The Morgan fingerprint density at radius 3 is 0.859 bits per heavy atom. The van der Waals surface area contributed by atoms with Gasteiger partial charge in [-0.15, -0.1) is 0 Å². The van der Waals surface area contributed by atoms with Crippen LogP contribution < -0.4 is 48.6 Å². The topological polar surface area (TPSA) is 363 Å². The number of carbonyl (C=O) groups excluding carboxylic acids is 3. The zero-order valence-electron chi connectivity index (χ0n) is 73.2. The quantitative estimate of drug-likeness (QED) is 0.0282. The van der Waals surface area contributed by atoms with Gasteiger partial charge in [-0.3, -0.25) is 57.4 Å². The van der Waals surface area contributed by atoms with Crippen LogP contribution in [0.1, 0.15) is 110 Å². The van der Waals surface area contributed by atoms with Gasteiger partial charge in [-0.05, 0) is 110 Å². The van der Waals surface area contributed by atoms with E-state index in [1.165, 1.54) is 45.6 Å². The molecule has 3 aliphatic heterocycles. The van der Waals surface area contributed by atoms with Gasteiger partial charge in [0, 0.05) is 113 Å². The van der Waals surface area contributed by atoms with Crippen molar-refractivity contribution in [3.63, 3.8) is 0 Å². The smallest absolute Gasteiger partial charge is 0.276 e. The maximum Gasteiger partial charge on any atom is 0.276 e. The molecule has 6 N–H and O–H groups in total. The second kappa shape index (κ2) is 39.8. The molecule has 0 aliphatic carbocycles. The normalized spacial score (nSPS) is 13.4. The number of amides is 3. The summed E-state index contributed by atoms with van der Waals surface area (Å²) in [4.78, 5) is 117. The molecule has 12 heterocycles. The summed E-state index contributed by atoms with van der Waals surface area (Å²) >= 11 is 49.7. The fraction of sp³-hybridized carbons (Fsp3) is 0.258. The van der Waals surface area contributed by atoms with Gasteiger partial charge in [0.2, 0.25) is 17.7 Å². The maximum absolute atomic E-state index is 15.6. The van der Waals surface area contributed by atoms with E-state index >= 15 is 26.3 Å². The Kier molecular flexibility index (Phi) is 29.3. The molecule has 3 aliphatic rings. The molecule has 0 atom stereocenters. The van der Waals surface area contributed by atoms with Gasteiger partial charge in [0.1, 0.15) is 56.9 Å². The lowest BCUT2D eigenvalue weighted by atomic mass is 10.0. The molecule has 0 spiro atoms. The lowest BCUT2D eigenvalue weighted by Crippen LogP contribution is -2.49. The number of pyridine rings is 9. The van der Waals surface area contributed by atoms with Crippen LogP contribution in [0.25, 0.3) is 83.9 Å². The van der Waals surface area contributed by atoms with Crippen LogP contribution >= 0.6 is 92.8 Å². The lowest BCUT2D eigenvalue weighted by Gasteiger charge is -2.36. The number of anilines is 6. The number of aromatic nitrogens is 9. The van der Waals surface area contributed by atoms with Crippen LogP contribution in [0.15, 0.2) is 107 Å². The van der Waals surface area contributed by atoms with Gasteiger partial charge in [0.05, 0.1) is 137 Å². The third-order valence-electron chi connectivity index (χ3n) is 23.2. The molecule has 15 rings (SSSR count). The first-order chi connectivity index (χ1) is 64.0. The summed E-state index contributed by atoms with van der Waals surface area (Å²) in [5.41, 5.74) is 13.5. The first kappa shape index (κ1) is 99.4. The van der Waals surface area contributed by atoms with E-state index in [0.29, 0.717) is 50.8 Å². The standard InChI is InChI=1S/2C31H26Cl3F2N7O2.C31H26Cl2F3N7O2/c2*1-5-19(44)41-8-10-42(11-9-41)29-16-12-18(32)27(20-23(35)21(33)22(34)25(38)24(20)36)40-30(16)43(31(45)17(29)13-37)28-15(4)6-7-39-26(28)14(2)3;1-5-19(44)41-8-10-42(11-9-41)29-16-12-18(32)27(20-22(34)24(36)21(33)25(38)23(20)35)40-30(16)43(31(45)17(29)13-37)28-15(4)6-7-39-26(28)14(2)3/h3*5-7,12,14H,1,8-11,38H2,2-4H3. The van der Waals surface area contributed by atoms with Crippen molar-refractivity contribution in [1.29, 1.82) is 15.8 Å². The number of hydrogen-bond donors (Lipinski definition) is 3. The molecule has 0 bridgehead atoms. The molecule has 3 saturated heterocycles. The highest BCUT2D eigenvalue weighted by Gasteiger charge is 2.38. The van der Waals surface area contributed by atoms with Gasteiger partial charge in [0.15, 0.2) is 40.7 Å². The van der Waals surface area contributed by atoms with Crippen molar-refractivity contribution in [2.24, 2.45) is 0 Å². The average Bonchev–Trinajstić information content (AvgIpc) is 0.728. The van der Waals surface area contributed by atoms with Crippen LogP contribution in [-0.2, 0) is 14.4 Å². The Balaban J connectivity index is 0.000000171. The number of nitrogen functional groups attached to an aromatic ring is 3. The molecule has 696 valence electrons. The monoisotopic (exact) mass is 2000 g/mol. The summed E-state index contributed by atoms with van der Waals surface area (Å²) in [6, 6.07) is 15.3. The highest BCUT2D eigenvalue weighted by molar-refractivity contribution is 6.45. The van der Waals surface area contributed by atoms with Crippen molar-refractivity contribution < 1.29 is 45.1 Å². The lowest BCUT2D eigenvalue weighted by molar-refractivity contribution is -0.127. The van der Waals surface area contributed by atoms with E-state index in [1.54, 1.807) is 87.0 Å². The van der Waals surface area contributed by atoms with Crippen molar-refractivity contribution in [2.75, 3.05) is 110 Å². The van der Waals surface area contributed by atoms with Crippen molar-refractivity contribution >= 4 is 178 Å². The number of benzene rings is 3. The van der Waals surface area contributed by atoms with Crippen LogP contribution in [-0.4, -0.2) is 155 Å². The summed E-state index contributed by atoms with van der Waals surface area (Å²) in [6.45, 7) is 30.4. The van der Waals surface area contributed by atoms with Crippen LogP contribution in [0.4, 0.5) is 64.9 Å². The van der Waals surface area contributed by atoms with E-state index in [4.69, 9.17) is 110 Å². The number of carbonyl (C=O) groups is 3. The predicted molar refractivity (Wildman–Crippen MR) is 512 cm³/mol. The molecule has 3 fully saturated rings. The van der Waals surface area contributed by atoms with Gasteiger partial charge < -0.3 is 46.6 Å². The first-order valence-electron chi connectivity index (χ1n) is 41.3. The molecular weight excluding hydrogens is 1920 g/mol. The summed E-state index contributed by atoms with van der Waals surface area (Å²) < 4.78 is 111. The van der Waals surface area contributed by atoms with E-state index in [-0.39, 0.29) is 207 Å². The van der Waals surface area contributed by atoms with E-state index in [1.807, 2.05) is 47.6 Å². The highest BCUT2D eigenvalue weighted by atomic mass is 35.5. The Morgan fingerprint density at radius 2 is 0.622 bits per heavy atom. The fourth-order valence-corrected chi connectivity index (χ4v) is 18.1. The highest BCUT2D eigenvalue weighted by Crippen LogP contribution is 2.49. The summed E-state index contributed by atoms with van der Waals surface area (Å²) in [6.07, 6.45) is 8.41. The second-order valence-electron chi connectivity index (χ2n) is 32.2. The van der Waals surface area contributed by atoms with Gasteiger partial charge in [-0.2, -0.15) is 15.8 Å². The van der Waals surface area contributed by atoms with Crippen LogP contribution in [0.2, 0.25) is 40.2 Å². The Bertz CT molecular complexity index is 6650. The number of rotatable bonds is 15. The Morgan fingerprint density at radius 1 is 0.378 bits per heavy atom. The number of piperazine rings is 3. The van der Waals surface area contributed by atoms with Crippen molar-refractivity contribution in [3.05, 3.63) is 255 Å². The van der Waals surface area contributed by atoms with Gasteiger partial charge in [-0.25, -0.2) is 45.7 Å². The molecule has 0 saturated carbocycles. The van der Waals surface area contributed by atoms with Crippen molar-refractivity contribution in [3.8, 4) is 69.0 Å². The molecule has 0 unspecified atom stereocenters. The largest absolute Gasteiger partial charge is 0.395 e. The van der Waals surface area contributed by atoms with Crippen molar-refractivity contribution in [2.45, 2.75) is 80.1 Å². The number of hydrogen-bond acceptors (Lipinski definition) is 21. The minimum Gasteiger partial charge on any atom is -0.395 e. The number of fused-ring (bicyclic) bond motifs is 3. The molecule has 42 heteroatoms. The predicted octanol–water partition coefficient (Wildman–Crippen LogP) is 18.7. The van der Waals surface area contributed by atoms with E-state index in [0.717, 1.165) is 4.57 Å². The third kappa shape index (κ3) is 17.7. The number of halogens is 15. The second-order valence-corrected chi connectivity index (χ2v) is 35.3. The average molecular weight is 2000 g/mol. The minimum atomic E-state index is -1.67. The van der Waals surface area contributed by atoms with Crippen LogP contribution in [0.3, 0.4) is 0 Å². The third-order valence-corrected chi connectivity index (χ3v) is 26.1.